The van der Waals surface area contributed by atoms with Crippen LogP contribution in [0.25, 0.3) is 0 Å². The van der Waals surface area contributed by atoms with E-state index in [4.69, 9.17) is 0 Å². The zero-order valence-electron chi connectivity index (χ0n) is 7.64. The van der Waals surface area contributed by atoms with Crippen LogP contribution in [-0.2, 0) is 0 Å². The van der Waals surface area contributed by atoms with Gasteiger partial charge in [-0.25, -0.2) is 0 Å². The lowest BCUT2D eigenvalue weighted by Crippen LogP contribution is -2.05. The third-order valence-electron chi connectivity index (χ3n) is 1.84. The van der Waals surface area contributed by atoms with E-state index in [9.17, 15) is 4.79 Å². The SMILES string of the molecule is CN1C=CS/C1=C/C(=O)c1cccs1. The molecule has 0 bridgehead atoms. The summed E-state index contributed by atoms with van der Waals surface area (Å²) < 4.78 is 0. The second kappa shape index (κ2) is 4.02. The Labute approximate surface area is 90.9 Å². The Morgan fingerprint density at radius 3 is 3.00 bits per heavy atom. The van der Waals surface area contributed by atoms with Gasteiger partial charge >= 0.3 is 0 Å². The number of rotatable bonds is 2. The first-order valence-corrected chi connectivity index (χ1v) is 5.89. The Kier molecular flexibility index (Phi) is 2.74. The summed E-state index contributed by atoms with van der Waals surface area (Å²) in [5.41, 5.74) is 0. The molecule has 2 heterocycles. The number of hydrogen-bond acceptors (Lipinski definition) is 4. The molecular weight excluding hydrogens is 214 g/mol. The van der Waals surface area contributed by atoms with Gasteiger partial charge in [0.05, 0.1) is 9.91 Å². The van der Waals surface area contributed by atoms with Gasteiger partial charge in [0.1, 0.15) is 0 Å². The van der Waals surface area contributed by atoms with Crippen molar-refractivity contribution in [2.24, 2.45) is 0 Å². The maximum absolute atomic E-state index is 11.7. The summed E-state index contributed by atoms with van der Waals surface area (Å²) in [6.45, 7) is 0. The van der Waals surface area contributed by atoms with Crippen LogP contribution in [0.2, 0.25) is 0 Å². The largest absolute Gasteiger partial charge is 0.345 e. The first-order valence-electron chi connectivity index (χ1n) is 4.13. The smallest absolute Gasteiger partial charge is 0.198 e. The van der Waals surface area contributed by atoms with Gasteiger partial charge in [-0.3, -0.25) is 4.79 Å². The van der Waals surface area contributed by atoms with E-state index < -0.39 is 0 Å². The molecule has 1 aromatic heterocycles. The molecule has 1 aromatic rings. The molecule has 0 spiro atoms. The summed E-state index contributed by atoms with van der Waals surface area (Å²) in [4.78, 5) is 14.4. The number of carbonyl (C=O) groups excluding carboxylic acids is 1. The maximum atomic E-state index is 11.7. The van der Waals surface area contributed by atoms with Gasteiger partial charge in [-0.2, -0.15) is 0 Å². The number of carbonyl (C=O) groups is 1. The number of thiophene rings is 1. The highest BCUT2D eigenvalue weighted by Crippen LogP contribution is 2.27. The Bertz CT molecular complexity index is 392. The third kappa shape index (κ3) is 1.91. The van der Waals surface area contributed by atoms with Crippen molar-refractivity contribution in [2.45, 2.75) is 0 Å². The fraction of sp³-hybridized carbons (Fsp3) is 0.100. The summed E-state index contributed by atoms with van der Waals surface area (Å²) in [7, 11) is 1.93. The quantitative estimate of drug-likeness (QED) is 0.568. The average Bonchev–Trinajstić information content (AvgIpc) is 2.77. The second-order valence-corrected chi connectivity index (χ2v) is 4.71. The summed E-state index contributed by atoms with van der Waals surface area (Å²) >= 11 is 3.04. The van der Waals surface area contributed by atoms with Crippen molar-refractivity contribution in [3.8, 4) is 0 Å². The van der Waals surface area contributed by atoms with Crippen molar-refractivity contribution in [1.29, 1.82) is 0 Å². The van der Waals surface area contributed by atoms with Gasteiger partial charge in [-0.15, -0.1) is 11.3 Å². The molecule has 0 amide bonds. The minimum atomic E-state index is 0.0815. The fourth-order valence-electron chi connectivity index (χ4n) is 1.09. The monoisotopic (exact) mass is 223 g/mol. The van der Waals surface area contributed by atoms with Crippen molar-refractivity contribution >= 4 is 28.9 Å². The van der Waals surface area contributed by atoms with Crippen molar-refractivity contribution in [3.05, 3.63) is 45.1 Å². The summed E-state index contributed by atoms with van der Waals surface area (Å²) in [6.07, 6.45) is 3.62. The van der Waals surface area contributed by atoms with Crippen LogP contribution in [0.1, 0.15) is 9.67 Å². The van der Waals surface area contributed by atoms with Crippen LogP contribution >= 0.6 is 23.1 Å². The predicted octanol–water partition coefficient (Wildman–Crippen LogP) is 2.92. The van der Waals surface area contributed by atoms with Gasteiger partial charge in [0.15, 0.2) is 5.78 Å². The topological polar surface area (TPSA) is 20.3 Å². The number of nitrogens with zero attached hydrogens (tertiary/aromatic N) is 1. The molecule has 0 saturated carbocycles. The van der Waals surface area contributed by atoms with E-state index in [-0.39, 0.29) is 5.78 Å². The molecule has 1 aliphatic rings. The highest BCUT2D eigenvalue weighted by Gasteiger charge is 2.11. The second-order valence-electron chi connectivity index (χ2n) is 2.84. The van der Waals surface area contributed by atoms with E-state index in [1.807, 2.05) is 41.1 Å². The van der Waals surface area contributed by atoms with Gasteiger partial charge in [-0.05, 0) is 16.9 Å². The first-order chi connectivity index (χ1) is 6.77. The van der Waals surface area contributed by atoms with Gasteiger partial charge in [0, 0.05) is 19.3 Å². The molecule has 0 N–H and O–H groups in total. The van der Waals surface area contributed by atoms with Crippen molar-refractivity contribution in [2.75, 3.05) is 7.05 Å². The molecule has 0 aliphatic carbocycles. The maximum Gasteiger partial charge on any atom is 0.198 e. The van der Waals surface area contributed by atoms with E-state index in [1.54, 1.807) is 17.8 Å². The van der Waals surface area contributed by atoms with Crippen LogP contribution in [0.15, 0.2) is 40.2 Å². The summed E-state index contributed by atoms with van der Waals surface area (Å²) in [5, 5.41) is 4.85. The number of thioether (sulfide) groups is 1. The average molecular weight is 223 g/mol. The van der Waals surface area contributed by atoms with Crippen LogP contribution in [0.3, 0.4) is 0 Å². The molecule has 0 fully saturated rings. The Morgan fingerprint density at radius 1 is 1.57 bits per heavy atom. The first kappa shape index (κ1) is 9.55. The molecule has 2 nitrogen and oxygen atoms in total. The lowest BCUT2D eigenvalue weighted by atomic mass is 10.3. The number of hydrogen-bond donors (Lipinski definition) is 0. The highest BCUT2D eigenvalue weighted by molar-refractivity contribution is 8.06. The van der Waals surface area contributed by atoms with Gasteiger partial charge in [-0.1, -0.05) is 17.8 Å². The van der Waals surface area contributed by atoms with Crippen LogP contribution in [0.5, 0.6) is 0 Å². The molecule has 0 aromatic carbocycles. The van der Waals surface area contributed by atoms with Crippen molar-refractivity contribution in [3.63, 3.8) is 0 Å². The zero-order chi connectivity index (χ0) is 9.97. The van der Waals surface area contributed by atoms with Crippen LogP contribution in [0, 0.1) is 0 Å². The summed E-state index contributed by atoms with van der Waals surface area (Å²) in [5.74, 6) is 0.0815. The van der Waals surface area contributed by atoms with Crippen LogP contribution in [0.4, 0.5) is 0 Å². The van der Waals surface area contributed by atoms with Gasteiger partial charge in [0.2, 0.25) is 0 Å². The molecule has 72 valence electrons. The van der Waals surface area contributed by atoms with Gasteiger partial charge in [0.25, 0.3) is 0 Å². The molecule has 0 radical (unpaired) electrons. The molecule has 0 unspecified atom stereocenters. The Balaban J connectivity index is 2.15. The molecular formula is C10H9NOS2. The minimum absolute atomic E-state index is 0.0815. The van der Waals surface area contributed by atoms with E-state index in [0.717, 1.165) is 9.91 Å². The molecule has 14 heavy (non-hydrogen) atoms. The van der Waals surface area contributed by atoms with E-state index in [2.05, 4.69) is 0 Å². The molecule has 1 aliphatic heterocycles. The minimum Gasteiger partial charge on any atom is -0.345 e. The molecule has 4 heteroatoms. The zero-order valence-corrected chi connectivity index (χ0v) is 9.27. The summed E-state index contributed by atoms with van der Waals surface area (Å²) in [6, 6.07) is 3.73. The van der Waals surface area contributed by atoms with Crippen LogP contribution in [-0.4, -0.2) is 17.7 Å². The Morgan fingerprint density at radius 2 is 2.43 bits per heavy atom. The standard InChI is InChI=1S/C10H9NOS2/c1-11-4-6-14-10(11)7-8(12)9-3-2-5-13-9/h2-7H,1H3/b10-7+. The number of allylic oxidation sites excluding steroid dienone is 1. The van der Waals surface area contributed by atoms with Crippen molar-refractivity contribution in [1.82, 2.24) is 4.90 Å². The Hall–Kier alpha value is -1.000. The van der Waals surface area contributed by atoms with E-state index in [1.165, 1.54) is 11.3 Å². The van der Waals surface area contributed by atoms with Crippen LogP contribution < -0.4 is 0 Å². The molecule has 0 saturated heterocycles. The van der Waals surface area contributed by atoms with Gasteiger partial charge < -0.3 is 4.90 Å². The normalized spacial score (nSPS) is 18.1. The highest BCUT2D eigenvalue weighted by atomic mass is 32.2. The third-order valence-corrected chi connectivity index (χ3v) is 3.63. The van der Waals surface area contributed by atoms with E-state index >= 15 is 0 Å². The lowest BCUT2D eigenvalue weighted by Gasteiger charge is -2.08. The van der Waals surface area contributed by atoms with E-state index in [0.29, 0.717) is 0 Å². The lowest BCUT2D eigenvalue weighted by molar-refractivity contribution is 0.104. The fourth-order valence-corrected chi connectivity index (χ4v) is 2.51. The number of ketones is 1. The van der Waals surface area contributed by atoms with Crippen molar-refractivity contribution < 1.29 is 4.79 Å². The molecule has 2 rings (SSSR count). The molecule has 0 atom stereocenters. The predicted molar refractivity (Wildman–Crippen MR) is 61.2 cm³/mol.